The number of anilines is 1. The second-order valence-electron chi connectivity index (χ2n) is 5.72. The van der Waals surface area contributed by atoms with Crippen LogP contribution in [-0.4, -0.2) is 68.0 Å². The molecule has 24 heavy (non-hydrogen) atoms. The van der Waals surface area contributed by atoms with E-state index in [2.05, 4.69) is 25.0 Å². The summed E-state index contributed by atoms with van der Waals surface area (Å²) in [6, 6.07) is 2.19. The molecule has 0 bridgehead atoms. The first-order valence-electron chi connectivity index (χ1n) is 7.87. The number of carbonyl (C=O) groups is 1. The van der Waals surface area contributed by atoms with Crippen molar-refractivity contribution < 1.29 is 4.79 Å². The van der Waals surface area contributed by atoms with E-state index in [1.54, 1.807) is 29.0 Å². The number of nitrogens with zero attached hydrogens (tertiary/aromatic N) is 7. The van der Waals surface area contributed by atoms with Crippen molar-refractivity contribution in [2.45, 2.75) is 30.6 Å². The van der Waals surface area contributed by atoms with Crippen LogP contribution in [0, 0.1) is 0 Å². The predicted octanol–water partition coefficient (Wildman–Crippen LogP) is 0.917. The summed E-state index contributed by atoms with van der Waals surface area (Å²) in [5.41, 5.74) is 0. The van der Waals surface area contributed by atoms with E-state index in [-0.39, 0.29) is 18.5 Å². The Morgan fingerprint density at radius 3 is 2.88 bits per heavy atom. The van der Waals surface area contributed by atoms with Gasteiger partial charge in [0.05, 0.1) is 0 Å². The van der Waals surface area contributed by atoms with Gasteiger partial charge in [0.25, 0.3) is 0 Å². The third-order valence-electron chi connectivity index (χ3n) is 4.29. The van der Waals surface area contributed by atoms with Gasteiger partial charge < -0.3 is 9.80 Å². The van der Waals surface area contributed by atoms with Crippen LogP contribution in [0.1, 0.15) is 12.8 Å². The smallest absolute Gasteiger partial charge is 0.244 e. The lowest BCUT2D eigenvalue weighted by molar-refractivity contribution is -0.133. The number of thioether (sulfide) groups is 1. The van der Waals surface area contributed by atoms with Gasteiger partial charge in [0.1, 0.15) is 25.0 Å². The molecule has 0 aromatic carbocycles. The molecule has 0 aliphatic carbocycles. The van der Waals surface area contributed by atoms with Gasteiger partial charge in [-0.25, -0.2) is 19.6 Å². The topological polar surface area (TPSA) is 80.0 Å². The van der Waals surface area contributed by atoms with Crippen LogP contribution in [-0.2, 0) is 11.3 Å². The molecule has 8 nitrogen and oxygen atoms in total. The highest BCUT2D eigenvalue weighted by molar-refractivity contribution is 7.98. The van der Waals surface area contributed by atoms with E-state index >= 15 is 0 Å². The molecule has 1 aliphatic rings. The van der Waals surface area contributed by atoms with Crippen LogP contribution in [0.3, 0.4) is 0 Å². The Hall–Kier alpha value is -2.16. The average molecular weight is 347 g/mol. The van der Waals surface area contributed by atoms with Crippen LogP contribution in [0.25, 0.3) is 0 Å². The van der Waals surface area contributed by atoms with Crippen LogP contribution < -0.4 is 4.90 Å². The van der Waals surface area contributed by atoms with E-state index < -0.39 is 0 Å². The zero-order valence-electron chi connectivity index (χ0n) is 13.9. The summed E-state index contributed by atoms with van der Waals surface area (Å²) in [6.45, 7) is 2.01. The minimum atomic E-state index is 0.0608. The first kappa shape index (κ1) is 16.7. The second kappa shape index (κ2) is 7.61. The quantitative estimate of drug-likeness (QED) is 0.588. The molecule has 0 N–H and O–H groups in total. The van der Waals surface area contributed by atoms with Gasteiger partial charge in [-0.2, -0.15) is 5.10 Å². The Labute approximate surface area is 145 Å². The molecule has 0 unspecified atom stereocenters. The fourth-order valence-corrected chi connectivity index (χ4v) is 3.21. The molecule has 1 amide bonds. The lowest BCUT2D eigenvalue weighted by Crippen LogP contribution is -2.46. The molecule has 0 atom stereocenters. The Kier molecular flexibility index (Phi) is 5.29. The maximum atomic E-state index is 12.3. The normalized spacial score (nSPS) is 15.5. The van der Waals surface area contributed by atoms with Crippen molar-refractivity contribution in [2.24, 2.45) is 0 Å². The van der Waals surface area contributed by atoms with E-state index in [0.717, 1.165) is 36.9 Å². The van der Waals surface area contributed by atoms with Crippen molar-refractivity contribution in [1.82, 2.24) is 29.6 Å². The Morgan fingerprint density at radius 1 is 1.42 bits per heavy atom. The molecule has 3 heterocycles. The summed E-state index contributed by atoms with van der Waals surface area (Å²) < 4.78 is 1.55. The number of rotatable bonds is 5. The van der Waals surface area contributed by atoms with Crippen molar-refractivity contribution >= 4 is 23.5 Å². The zero-order chi connectivity index (χ0) is 16.9. The standard InChI is InChI=1S/C15H21N7OS/c1-20(14(23)9-22-11-16-10-18-22)12-4-7-21(8-5-12)13-3-6-17-15(19-13)24-2/h3,6,10-12H,4-5,7-9H2,1-2H3. The number of carbonyl (C=O) groups excluding carboxylic acids is 1. The fourth-order valence-electron chi connectivity index (χ4n) is 2.86. The predicted molar refractivity (Wildman–Crippen MR) is 91.8 cm³/mol. The zero-order valence-corrected chi connectivity index (χ0v) is 14.7. The van der Waals surface area contributed by atoms with Crippen molar-refractivity contribution in [1.29, 1.82) is 0 Å². The molecule has 0 spiro atoms. The summed E-state index contributed by atoms with van der Waals surface area (Å²) in [7, 11) is 1.87. The van der Waals surface area contributed by atoms with E-state index in [0.29, 0.717) is 0 Å². The summed E-state index contributed by atoms with van der Waals surface area (Å²) in [5.74, 6) is 1.02. The van der Waals surface area contributed by atoms with Crippen LogP contribution in [0.5, 0.6) is 0 Å². The molecule has 3 rings (SSSR count). The lowest BCUT2D eigenvalue weighted by atomic mass is 10.0. The maximum absolute atomic E-state index is 12.3. The van der Waals surface area contributed by atoms with Gasteiger partial charge in [0.15, 0.2) is 5.16 Å². The number of likely N-dealkylation sites (N-methyl/N-ethyl adjacent to an activating group) is 1. The second-order valence-corrected chi connectivity index (χ2v) is 6.49. The Bertz CT molecular complexity index is 670. The van der Waals surface area contributed by atoms with Crippen LogP contribution in [0.2, 0.25) is 0 Å². The van der Waals surface area contributed by atoms with Gasteiger partial charge in [-0.15, -0.1) is 0 Å². The first-order chi connectivity index (χ1) is 11.7. The van der Waals surface area contributed by atoms with Gasteiger partial charge in [-0.05, 0) is 25.2 Å². The maximum Gasteiger partial charge on any atom is 0.244 e. The summed E-state index contributed by atoms with van der Waals surface area (Å²) >= 11 is 1.54. The van der Waals surface area contributed by atoms with Gasteiger partial charge in [-0.1, -0.05) is 11.8 Å². The molecular weight excluding hydrogens is 326 g/mol. The van der Waals surface area contributed by atoms with Crippen molar-refractivity contribution in [3.8, 4) is 0 Å². The third kappa shape index (κ3) is 3.84. The third-order valence-corrected chi connectivity index (χ3v) is 4.86. The fraction of sp³-hybridized carbons (Fsp3) is 0.533. The minimum Gasteiger partial charge on any atom is -0.356 e. The highest BCUT2D eigenvalue weighted by Gasteiger charge is 2.26. The van der Waals surface area contributed by atoms with Crippen molar-refractivity contribution in [3.63, 3.8) is 0 Å². The van der Waals surface area contributed by atoms with E-state index in [9.17, 15) is 4.79 Å². The summed E-state index contributed by atoms with van der Waals surface area (Å²) in [5, 5.41) is 4.77. The highest BCUT2D eigenvalue weighted by atomic mass is 32.2. The Morgan fingerprint density at radius 2 is 2.21 bits per heavy atom. The number of hydrogen-bond acceptors (Lipinski definition) is 7. The van der Waals surface area contributed by atoms with E-state index in [1.807, 2.05) is 24.3 Å². The Balaban J connectivity index is 1.55. The van der Waals surface area contributed by atoms with E-state index in [1.165, 1.54) is 6.33 Å². The van der Waals surface area contributed by atoms with Crippen LogP contribution in [0.4, 0.5) is 5.82 Å². The molecule has 9 heteroatoms. The molecule has 0 radical (unpaired) electrons. The number of hydrogen-bond donors (Lipinski definition) is 0. The van der Waals surface area contributed by atoms with Gasteiger partial charge in [-0.3, -0.25) is 4.79 Å². The SMILES string of the molecule is CSc1nccc(N2CCC(N(C)C(=O)Cn3cncn3)CC2)n1. The molecule has 1 fully saturated rings. The molecule has 1 saturated heterocycles. The first-order valence-corrected chi connectivity index (χ1v) is 9.10. The van der Waals surface area contributed by atoms with Crippen LogP contribution >= 0.6 is 11.8 Å². The van der Waals surface area contributed by atoms with E-state index in [4.69, 9.17) is 0 Å². The highest BCUT2D eigenvalue weighted by Crippen LogP contribution is 2.22. The number of aromatic nitrogens is 5. The van der Waals surface area contributed by atoms with Crippen molar-refractivity contribution in [3.05, 3.63) is 24.9 Å². The van der Waals surface area contributed by atoms with Crippen LogP contribution in [0.15, 0.2) is 30.1 Å². The average Bonchev–Trinajstić information content (AvgIpc) is 3.14. The van der Waals surface area contributed by atoms with Gasteiger partial charge >= 0.3 is 0 Å². The summed E-state index contributed by atoms with van der Waals surface area (Å²) in [4.78, 5) is 29.1. The minimum absolute atomic E-state index is 0.0608. The number of amides is 1. The van der Waals surface area contributed by atoms with Gasteiger partial charge in [0, 0.05) is 32.4 Å². The molecule has 0 saturated carbocycles. The lowest BCUT2D eigenvalue weighted by Gasteiger charge is -2.37. The molecular formula is C15H21N7OS. The summed E-state index contributed by atoms with van der Waals surface area (Å²) in [6.07, 6.45) is 8.63. The molecule has 2 aromatic rings. The molecule has 128 valence electrons. The molecule has 2 aromatic heterocycles. The van der Waals surface area contributed by atoms with Crippen molar-refractivity contribution in [2.75, 3.05) is 31.3 Å². The monoisotopic (exact) mass is 347 g/mol. The number of piperidine rings is 1. The largest absolute Gasteiger partial charge is 0.356 e. The molecule has 1 aliphatic heterocycles. The van der Waals surface area contributed by atoms with Gasteiger partial charge in [0.2, 0.25) is 5.91 Å².